The number of hydrogen-bond donors (Lipinski definition) is 2. The molecule has 6 heteroatoms. The van der Waals surface area contributed by atoms with E-state index in [-0.39, 0.29) is 11.8 Å². The van der Waals surface area contributed by atoms with Gasteiger partial charge < -0.3 is 11.1 Å². The van der Waals surface area contributed by atoms with E-state index < -0.39 is 5.91 Å². The van der Waals surface area contributed by atoms with Gasteiger partial charge in [-0.05, 0) is 18.5 Å². The third-order valence-corrected chi connectivity index (χ3v) is 1.44. The molecule has 0 radical (unpaired) electrons. The number of aromatic nitrogens is 2. The molecule has 13 heavy (non-hydrogen) atoms. The fraction of sp³-hybridized carbons (Fsp3) is 0.286. The van der Waals surface area contributed by atoms with Crippen molar-refractivity contribution in [3.8, 4) is 0 Å². The van der Waals surface area contributed by atoms with Gasteiger partial charge in [0.25, 0.3) is 0 Å². The van der Waals surface area contributed by atoms with Gasteiger partial charge in [0.05, 0.1) is 6.54 Å². The number of nitrogens with one attached hydrogen (secondary N) is 1. The minimum Gasteiger partial charge on any atom is -0.368 e. The van der Waals surface area contributed by atoms with Crippen molar-refractivity contribution in [2.24, 2.45) is 5.73 Å². The molecule has 5 nitrogen and oxygen atoms in total. The van der Waals surface area contributed by atoms with Gasteiger partial charge in [-0.25, -0.2) is 9.97 Å². The van der Waals surface area contributed by atoms with E-state index in [1.54, 1.807) is 13.0 Å². The molecule has 0 saturated carbocycles. The smallest absolute Gasteiger partial charge is 0.236 e. The summed E-state index contributed by atoms with van der Waals surface area (Å²) >= 11 is 5.59. The molecule has 0 saturated heterocycles. The summed E-state index contributed by atoms with van der Waals surface area (Å²) in [7, 11) is 0. The number of carbonyl (C=O) groups excluding carboxylic acids is 1. The van der Waals surface area contributed by atoms with E-state index in [0.29, 0.717) is 5.82 Å². The first-order valence-electron chi connectivity index (χ1n) is 3.61. The molecule has 3 N–H and O–H groups in total. The van der Waals surface area contributed by atoms with Gasteiger partial charge >= 0.3 is 0 Å². The van der Waals surface area contributed by atoms with Crippen LogP contribution in [0.2, 0.25) is 5.28 Å². The summed E-state index contributed by atoms with van der Waals surface area (Å²) in [6.07, 6.45) is 0. The van der Waals surface area contributed by atoms with Gasteiger partial charge in [0.1, 0.15) is 5.82 Å². The van der Waals surface area contributed by atoms with E-state index in [0.717, 1.165) is 5.69 Å². The van der Waals surface area contributed by atoms with E-state index in [1.807, 2.05) is 0 Å². The van der Waals surface area contributed by atoms with Crippen molar-refractivity contribution in [3.05, 3.63) is 17.0 Å². The van der Waals surface area contributed by atoms with Gasteiger partial charge in [-0.1, -0.05) is 0 Å². The van der Waals surface area contributed by atoms with Gasteiger partial charge in [0, 0.05) is 11.8 Å². The minimum atomic E-state index is -0.451. The highest BCUT2D eigenvalue weighted by Crippen LogP contribution is 2.08. The zero-order valence-corrected chi connectivity index (χ0v) is 7.80. The maximum absolute atomic E-state index is 10.4. The standard InChI is InChI=1S/C7H9ClN4O/c1-4-2-6(10-3-5(9)13)12-7(8)11-4/h2H,3H2,1H3,(H2,9,13)(H,10,11,12). The first-order chi connectivity index (χ1) is 6.08. The van der Waals surface area contributed by atoms with E-state index >= 15 is 0 Å². The van der Waals surface area contributed by atoms with Gasteiger partial charge in [0.15, 0.2) is 0 Å². The number of carbonyl (C=O) groups is 1. The maximum atomic E-state index is 10.4. The molecule has 0 unspecified atom stereocenters. The van der Waals surface area contributed by atoms with Crippen molar-refractivity contribution in [3.63, 3.8) is 0 Å². The average molecular weight is 201 g/mol. The lowest BCUT2D eigenvalue weighted by molar-refractivity contribution is -0.116. The summed E-state index contributed by atoms with van der Waals surface area (Å²) in [5.74, 6) is 0.0451. The predicted octanol–water partition coefficient (Wildman–Crippen LogP) is 0.336. The minimum absolute atomic E-state index is 0.0345. The Labute approximate surface area is 80.3 Å². The largest absolute Gasteiger partial charge is 0.368 e. The average Bonchev–Trinajstić information content (AvgIpc) is 1.99. The second kappa shape index (κ2) is 4.04. The van der Waals surface area contributed by atoms with E-state index in [2.05, 4.69) is 15.3 Å². The van der Waals surface area contributed by atoms with Crippen LogP contribution >= 0.6 is 11.6 Å². The Balaban J connectivity index is 2.71. The van der Waals surface area contributed by atoms with Crippen LogP contribution in [0.15, 0.2) is 6.07 Å². The van der Waals surface area contributed by atoms with E-state index in [9.17, 15) is 4.79 Å². The van der Waals surface area contributed by atoms with E-state index in [4.69, 9.17) is 17.3 Å². The summed E-state index contributed by atoms with van der Waals surface area (Å²) in [6.45, 7) is 1.82. The molecule has 70 valence electrons. The lowest BCUT2D eigenvalue weighted by atomic mass is 10.4. The van der Waals surface area contributed by atoms with Crippen LogP contribution in [0, 0.1) is 6.92 Å². The Morgan fingerprint density at radius 3 is 2.92 bits per heavy atom. The molecule has 0 atom stereocenters. The number of halogens is 1. The van der Waals surface area contributed by atoms with Crippen LogP contribution in [0.4, 0.5) is 5.82 Å². The van der Waals surface area contributed by atoms with E-state index in [1.165, 1.54) is 0 Å². The number of aryl methyl sites for hydroxylation is 1. The van der Waals surface area contributed by atoms with Crippen LogP contribution < -0.4 is 11.1 Å². The second-order valence-corrected chi connectivity index (χ2v) is 2.82. The third kappa shape index (κ3) is 3.25. The Morgan fingerprint density at radius 1 is 1.69 bits per heavy atom. The normalized spacial score (nSPS) is 9.69. The molecular weight excluding hydrogens is 192 g/mol. The highest BCUT2D eigenvalue weighted by molar-refractivity contribution is 6.28. The molecule has 1 rings (SSSR count). The van der Waals surface area contributed by atoms with Crippen molar-refractivity contribution in [2.45, 2.75) is 6.92 Å². The molecule has 0 bridgehead atoms. The van der Waals surface area contributed by atoms with Crippen LogP contribution in [0.25, 0.3) is 0 Å². The molecule has 0 aromatic carbocycles. The number of anilines is 1. The fourth-order valence-corrected chi connectivity index (χ4v) is 1.02. The van der Waals surface area contributed by atoms with Crippen molar-refractivity contribution in [1.29, 1.82) is 0 Å². The van der Waals surface area contributed by atoms with Crippen molar-refractivity contribution in [1.82, 2.24) is 9.97 Å². The van der Waals surface area contributed by atoms with Crippen molar-refractivity contribution >= 4 is 23.3 Å². The number of hydrogen-bond acceptors (Lipinski definition) is 4. The molecule has 0 aliphatic carbocycles. The fourth-order valence-electron chi connectivity index (χ4n) is 0.801. The van der Waals surface area contributed by atoms with Gasteiger partial charge in [-0.15, -0.1) is 0 Å². The lowest BCUT2D eigenvalue weighted by Gasteiger charge is -2.03. The van der Waals surface area contributed by atoms with Gasteiger partial charge in [0.2, 0.25) is 11.2 Å². The monoisotopic (exact) mass is 200 g/mol. The molecule has 0 aliphatic heterocycles. The number of nitrogens with zero attached hydrogens (tertiary/aromatic N) is 2. The Morgan fingerprint density at radius 2 is 2.38 bits per heavy atom. The molecule has 1 heterocycles. The molecule has 0 aliphatic rings. The summed E-state index contributed by atoms with van der Waals surface area (Å²) in [6, 6.07) is 1.68. The molecule has 0 fully saturated rings. The highest BCUT2D eigenvalue weighted by Gasteiger charge is 2.00. The third-order valence-electron chi connectivity index (χ3n) is 1.27. The van der Waals surface area contributed by atoms with Crippen molar-refractivity contribution < 1.29 is 4.79 Å². The Hall–Kier alpha value is -1.36. The van der Waals surface area contributed by atoms with Crippen LogP contribution in [-0.4, -0.2) is 22.4 Å². The van der Waals surface area contributed by atoms with Gasteiger partial charge in [-0.2, -0.15) is 0 Å². The summed E-state index contributed by atoms with van der Waals surface area (Å²) in [5.41, 5.74) is 5.67. The van der Waals surface area contributed by atoms with Crippen LogP contribution in [0.3, 0.4) is 0 Å². The molecule has 1 amide bonds. The topological polar surface area (TPSA) is 80.9 Å². The number of amides is 1. The second-order valence-electron chi connectivity index (χ2n) is 2.48. The zero-order chi connectivity index (χ0) is 9.84. The molecule has 1 aromatic rings. The highest BCUT2D eigenvalue weighted by atomic mass is 35.5. The quantitative estimate of drug-likeness (QED) is 0.690. The first kappa shape index (κ1) is 9.73. The molecule has 1 aromatic heterocycles. The Bertz CT molecular complexity index is 308. The Kier molecular flexibility index (Phi) is 3.02. The molecule has 0 spiro atoms. The summed E-state index contributed by atoms with van der Waals surface area (Å²) < 4.78 is 0. The number of primary amides is 1. The zero-order valence-electron chi connectivity index (χ0n) is 7.04. The predicted molar refractivity (Wildman–Crippen MR) is 49.5 cm³/mol. The SMILES string of the molecule is Cc1cc(NCC(N)=O)nc(Cl)n1. The first-order valence-corrected chi connectivity index (χ1v) is 3.99. The lowest BCUT2D eigenvalue weighted by Crippen LogP contribution is -2.22. The number of nitrogens with two attached hydrogens (primary N) is 1. The van der Waals surface area contributed by atoms with Crippen LogP contribution in [0.1, 0.15) is 5.69 Å². The van der Waals surface area contributed by atoms with Crippen LogP contribution in [0.5, 0.6) is 0 Å². The number of rotatable bonds is 3. The summed E-state index contributed by atoms with van der Waals surface area (Å²) in [4.78, 5) is 18.1. The van der Waals surface area contributed by atoms with Crippen LogP contribution in [-0.2, 0) is 4.79 Å². The summed E-state index contributed by atoms with van der Waals surface area (Å²) in [5, 5.41) is 2.86. The van der Waals surface area contributed by atoms with Crippen molar-refractivity contribution in [2.75, 3.05) is 11.9 Å². The maximum Gasteiger partial charge on any atom is 0.236 e. The van der Waals surface area contributed by atoms with Gasteiger partial charge in [-0.3, -0.25) is 4.79 Å². The molecular formula is C7H9ClN4O.